The van der Waals surface area contributed by atoms with Gasteiger partial charge in [0, 0.05) is 18.0 Å². The highest BCUT2D eigenvalue weighted by Crippen LogP contribution is 2.33. The first-order valence-electron chi connectivity index (χ1n) is 3.83. The third-order valence-electron chi connectivity index (χ3n) is 1.76. The number of hydrogen-bond acceptors (Lipinski definition) is 1. The summed E-state index contributed by atoms with van der Waals surface area (Å²) in [6.45, 7) is 0. The quantitative estimate of drug-likeness (QED) is 0.757. The van der Waals surface area contributed by atoms with E-state index in [2.05, 4.69) is 9.97 Å². The summed E-state index contributed by atoms with van der Waals surface area (Å²) < 4.78 is 0. The number of hydrogen-bond donors (Lipinski definition) is 1. The van der Waals surface area contributed by atoms with Crippen LogP contribution in [0.4, 0.5) is 0 Å². The van der Waals surface area contributed by atoms with Gasteiger partial charge in [-0.3, -0.25) is 0 Å². The summed E-state index contributed by atoms with van der Waals surface area (Å²) >= 11 is 17.6. The van der Waals surface area contributed by atoms with Crippen molar-refractivity contribution < 1.29 is 0 Å². The van der Waals surface area contributed by atoms with E-state index in [1.807, 2.05) is 0 Å². The normalized spacial score (nSPS) is 10.5. The Morgan fingerprint density at radius 3 is 2.21 bits per heavy atom. The molecule has 1 N–H and O–H groups in total. The molecule has 1 heterocycles. The largest absolute Gasteiger partial charge is 0.345 e. The Kier molecular flexibility index (Phi) is 2.68. The molecule has 0 bridgehead atoms. The number of aromatic amines is 1. The molecule has 2 rings (SSSR count). The van der Waals surface area contributed by atoms with Gasteiger partial charge in [0.2, 0.25) is 0 Å². The van der Waals surface area contributed by atoms with E-state index in [1.54, 1.807) is 24.5 Å². The molecule has 0 saturated carbocycles. The summed E-state index contributed by atoms with van der Waals surface area (Å²) in [7, 11) is 0. The Balaban J connectivity index is 2.57. The molecular formula is C9H5Cl3N2. The SMILES string of the molecule is Clc1cc(-c2ncc[nH]2)cc(Cl)c1Cl. The number of nitrogens with zero attached hydrogens (tertiary/aromatic N) is 1. The molecule has 0 aliphatic carbocycles. The minimum atomic E-state index is 0.364. The zero-order valence-electron chi connectivity index (χ0n) is 6.89. The third-order valence-corrected chi connectivity index (χ3v) is 2.95. The number of nitrogens with one attached hydrogen (secondary N) is 1. The summed E-state index contributed by atoms with van der Waals surface area (Å²) in [5, 5.41) is 1.21. The van der Waals surface area contributed by atoms with E-state index in [1.165, 1.54) is 0 Å². The van der Waals surface area contributed by atoms with Crippen LogP contribution in [0, 0.1) is 0 Å². The van der Waals surface area contributed by atoms with Crippen molar-refractivity contribution in [3.05, 3.63) is 39.6 Å². The van der Waals surface area contributed by atoms with Crippen LogP contribution in [0.3, 0.4) is 0 Å². The lowest BCUT2D eigenvalue weighted by atomic mass is 10.2. The lowest BCUT2D eigenvalue weighted by Crippen LogP contribution is -1.82. The molecular weight excluding hydrogens is 242 g/mol. The Morgan fingerprint density at radius 2 is 1.71 bits per heavy atom. The molecule has 0 spiro atoms. The van der Waals surface area contributed by atoms with Gasteiger partial charge in [-0.2, -0.15) is 0 Å². The molecule has 0 aliphatic rings. The fourth-order valence-electron chi connectivity index (χ4n) is 1.12. The van der Waals surface area contributed by atoms with Crippen molar-refractivity contribution >= 4 is 34.8 Å². The van der Waals surface area contributed by atoms with Gasteiger partial charge in [0.15, 0.2) is 0 Å². The smallest absolute Gasteiger partial charge is 0.137 e. The maximum Gasteiger partial charge on any atom is 0.137 e. The topological polar surface area (TPSA) is 28.7 Å². The summed E-state index contributed by atoms with van der Waals surface area (Å²) in [6, 6.07) is 3.43. The van der Waals surface area contributed by atoms with Crippen molar-refractivity contribution in [2.75, 3.05) is 0 Å². The van der Waals surface area contributed by atoms with Crippen LogP contribution < -0.4 is 0 Å². The zero-order valence-corrected chi connectivity index (χ0v) is 9.16. The van der Waals surface area contributed by atoms with Crippen molar-refractivity contribution in [2.45, 2.75) is 0 Å². The fourth-order valence-corrected chi connectivity index (χ4v) is 1.71. The Bertz CT molecular complexity index is 428. The Morgan fingerprint density at radius 1 is 1.07 bits per heavy atom. The molecule has 2 aromatic rings. The monoisotopic (exact) mass is 246 g/mol. The number of benzene rings is 1. The van der Waals surface area contributed by atoms with Gasteiger partial charge in [-0.05, 0) is 12.1 Å². The number of aromatic nitrogens is 2. The van der Waals surface area contributed by atoms with Gasteiger partial charge >= 0.3 is 0 Å². The van der Waals surface area contributed by atoms with Gasteiger partial charge in [0.05, 0.1) is 15.1 Å². The van der Waals surface area contributed by atoms with Crippen molar-refractivity contribution in [1.82, 2.24) is 9.97 Å². The molecule has 1 aromatic carbocycles. The molecule has 2 nitrogen and oxygen atoms in total. The summed E-state index contributed by atoms with van der Waals surface area (Å²) in [4.78, 5) is 7.04. The number of imidazole rings is 1. The van der Waals surface area contributed by atoms with Crippen LogP contribution in [0.25, 0.3) is 11.4 Å². The average molecular weight is 248 g/mol. The van der Waals surface area contributed by atoms with E-state index in [0.717, 1.165) is 5.56 Å². The van der Waals surface area contributed by atoms with Crippen molar-refractivity contribution in [2.24, 2.45) is 0 Å². The van der Waals surface area contributed by atoms with Crippen LogP contribution in [0.1, 0.15) is 0 Å². The van der Waals surface area contributed by atoms with E-state index in [-0.39, 0.29) is 0 Å². The number of halogens is 3. The predicted molar refractivity (Wildman–Crippen MR) is 59.1 cm³/mol. The summed E-state index contributed by atoms with van der Waals surface area (Å²) in [6.07, 6.45) is 3.39. The van der Waals surface area contributed by atoms with Crippen LogP contribution in [0.15, 0.2) is 24.5 Å². The maximum absolute atomic E-state index is 5.88. The first-order valence-corrected chi connectivity index (χ1v) is 4.96. The molecule has 0 radical (unpaired) electrons. The fraction of sp³-hybridized carbons (Fsp3) is 0. The van der Waals surface area contributed by atoms with Gasteiger partial charge in [-0.25, -0.2) is 4.98 Å². The van der Waals surface area contributed by atoms with E-state index in [0.29, 0.717) is 20.9 Å². The molecule has 0 amide bonds. The second-order valence-electron chi connectivity index (χ2n) is 2.69. The van der Waals surface area contributed by atoms with Crippen molar-refractivity contribution in [3.63, 3.8) is 0 Å². The van der Waals surface area contributed by atoms with Gasteiger partial charge in [-0.15, -0.1) is 0 Å². The highest BCUT2D eigenvalue weighted by atomic mass is 35.5. The van der Waals surface area contributed by atoms with E-state index in [4.69, 9.17) is 34.8 Å². The minimum Gasteiger partial charge on any atom is -0.345 e. The lowest BCUT2D eigenvalue weighted by Gasteiger charge is -2.02. The van der Waals surface area contributed by atoms with Crippen LogP contribution in [-0.2, 0) is 0 Å². The molecule has 0 unspecified atom stereocenters. The molecule has 0 aliphatic heterocycles. The molecule has 1 aromatic heterocycles. The van der Waals surface area contributed by atoms with Gasteiger partial charge in [0.1, 0.15) is 5.82 Å². The maximum atomic E-state index is 5.88. The highest BCUT2D eigenvalue weighted by Gasteiger charge is 2.08. The average Bonchev–Trinajstić information content (AvgIpc) is 2.66. The molecule has 5 heteroatoms. The third kappa shape index (κ3) is 1.73. The van der Waals surface area contributed by atoms with Crippen molar-refractivity contribution in [3.8, 4) is 11.4 Å². The molecule has 14 heavy (non-hydrogen) atoms. The van der Waals surface area contributed by atoms with Crippen LogP contribution in [0.2, 0.25) is 15.1 Å². The molecule has 0 atom stereocenters. The van der Waals surface area contributed by atoms with Crippen LogP contribution in [0.5, 0.6) is 0 Å². The second-order valence-corrected chi connectivity index (χ2v) is 3.88. The van der Waals surface area contributed by atoms with Crippen LogP contribution in [-0.4, -0.2) is 9.97 Å². The lowest BCUT2D eigenvalue weighted by molar-refractivity contribution is 1.31. The number of H-pyrrole nitrogens is 1. The Hall–Kier alpha value is -0.700. The van der Waals surface area contributed by atoms with Gasteiger partial charge < -0.3 is 4.98 Å². The first-order chi connectivity index (χ1) is 6.68. The number of rotatable bonds is 1. The van der Waals surface area contributed by atoms with Gasteiger partial charge in [0.25, 0.3) is 0 Å². The first kappa shape index (κ1) is 9.84. The van der Waals surface area contributed by atoms with Gasteiger partial charge in [-0.1, -0.05) is 34.8 Å². The van der Waals surface area contributed by atoms with Crippen molar-refractivity contribution in [1.29, 1.82) is 0 Å². The second kappa shape index (κ2) is 3.81. The van der Waals surface area contributed by atoms with Crippen LogP contribution >= 0.6 is 34.8 Å². The zero-order chi connectivity index (χ0) is 10.1. The molecule has 72 valence electrons. The van der Waals surface area contributed by atoms with E-state index in [9.17, 15) is 0 Å². The summed E-state index contributed by atoms with van der Waals surface area (Å²) in [5.41, 5.74) is 0.814. The molecule has 0 fully saturated rings. The van der Waals surface area contributed by atoms with E-state index >= 15 is 0 Å². The Labute approximate surface area is 95.8 Å². The standard InChI is InChI=1S/C9H5Cl3N2/c10-6-3-5(4-7(11)8(6)12)9-13-1-2-14-9/h1-4H,(H,13,14). The predicted octanol–water partition coefficient (Wildman–Crippen LogP) is 4.04. The highest BCUT2D eigenvalue weighted by molar-refractivity contribution is 6.48. The molecule has 0 saturated heterocycles. The van der Waals surface area contributed by atoms with E-state index < -0.39 is 0 Å². The summed E-state index contributed by atoms with van der Waals surface area (Å²) in [5.74, 6) is 0.713. The minimum absolute atomic E-state index is 0.364.